The molecule has 1 atom stereocenters. The largest absolute Gasteiger partial charge is 0.322 e. The number of carbonyl (C=O) groups is 2. The monoisotopic (exact) mass is 437 g/mol. The molecule has 1 aliphatic rings. The summed E-state index contributed by atoms with van der Waals surface area (Å²) in [6.07, 6.45) is 0.187. The topological polar surface area (TPSA) is 110 Å². The Bertz CT molecular complexity index is 963. The van der Waals surface area contributed by atoms with Gasteiger partial charge >= 0.3 is 0 Å². The summed E-state index contributed by atoms with van der Waals surface area (Å²) in [7, 11) is -3.93. The van der Waals surface area contributed by atoms with Crippen LogP contribution in [0.15, 0.2) is 53.4 Å². The molecule has 0 saturated heterocycles. The van der Waals surface area contributed by atoms with Crippen molar-refractivity contribution in [1.29, 1.82) is 0 Å². The molecule has 0 saturated carbocycles. The minimum atomic E-state index is -3.93. The number of hydrogen-bond donors (Lipinski definition) is 2. The van der Waals surface area contributed by atoms with Crippen LogP contribution in [0.5, 0.6) is 0 Å². The van der Waals surface area contributed by atoms with Crippen molar-refractivity contribution in [1.82, 2.24) is 0 Å². The zero-order valence-electron chi connectivity index (χ0n) is 13.6. The standard InChI is InChI=1S/C17H16BrN3O4S/c18-9-8-15(22)21-14-7-6-12(26(19,24)25)10-13(14)20-17(23)16(21)11-4-2-1-3-5-11/h1-7,10,16H,8-9H2,(H,20,23)(H2,19,24,25). The van der Waals surface area contributed by atoms with Crippen LogP contribution in [0.3, 0.4) is 0 Å². The third-order valence-corrected chi connectivity index (χ3v) is 5.32. The lowest BCUT2D eigenvalue weighted by molar-refractivity contribution is -0.123. The lowest BCUT2D eigenvalue weighted by atomic mass is 9.99. The number of benzene rings is 2. The van der Waals surface area contributed by atoms with Crippen LogP contribution in [0, 0.1) is 0 Å². The van der Waals surface area contributed by atoms with E-state index in [0.717, 1.165) is 0 Å². The highest BCUT2D eigenvalue weighted by molar-refractivity contribution is 9.09. The number of nitrogens with two attached hydrogens (primary N) is 1. The number of sulfonamides is 1. The van der Waals surface area contributed by atoms with E-state index in [9.17, 15) is 18.0 Å². The van der Waals surface area contributed by atoms with Gasteiger partial charge in [0, 0.05) is 11.8 Å². The molecule has 3 rings (SSSR count). The van der Waals surface area contributed by atoms with Crippen LogP contribution in [0.4, 0.5) is 11.4 Å². The Labute approximate surface area is 159 Å². The van der Waals surface area contributed by atoms with Gasteiger partial charge in [0.05, 0.1) is 16.3 Å². The van der Waals surface area contributed by atoms with Gasteiger partial charge in [-0.1, -0.05) is 46.3 Å². The van der Waals surface area contributed by atoms with E-state index in [4.69, 9.17) is 5.14 Å². The second kappa shape index (κ2) is 7.18. The first kappa shape index (κ1) is 18.6. The number of fused-ring (bicyclic) bond motifs is 1. The van der Waals surface area contributed by atoms with Crippen molar-refractivity contribution in [2.75, 3.05) is 15.5 Å². The summed E-state index contributed by atoms with van der Waals surface area (Å²) in [6.45, 7) is 0. The summed E-state index contributed by atoms with van der Waals surface area (Å²) in [5.74, 6) is -0.673. The van der Waals surface area contributed by atoms with Gasteiger partial charge in [0.2, 0.25) is 15.9 Å². The Morgan fingerprint density at radius 3 is 2.50 bits per heavy atom. The quantitative estimate of drug-likeness (QED) is 0.713. The van der Waals surface area contributed by atoms with Crippen LogP contribution in [0.2, 0.25) is 0 Å². The van der Waals surface area contributed by atoms with Crippen molar-refractivity contribution < 1.29 is 18.0 Å². The number of primary sulfonamides is 1. The first-order valence-electron chi connectivity index (χ1n) is 7.73. The summed E-state index contributed by atoms with van der Waals surface area (Å²) in [5.41, 5.74) is 1.32. The van der Waals surface area contributed by atoms with Gasteiger partial charge in [-0.15, -0.1) is 0 Å². The average Bonchev–Trinajstić information content (AvgIpc) is 2.60. The predicted molar refractivity (Wildman–Crippen MR) is 102 cm³/mol. The SMILES string of the molecule is NS(=O)(=O)c1ccc2c(c1)NC(=O)C(c1ccccc1)N2C(=O)CCBr. The van der Waals surface area contributed by atoms with E-state index in [1.807, 2.05) is 6.07 Å². The fraction of sp³-hybridized carbons (Fsp3) is 0.176. The molecule has 3 N–H and O–H groups in total. The summed E-state index contributed by atoms with van der Waals surface area (Å²) >= 11 is 3.24. The second-order valence-electron chi connectivity index (χ2n) is 5.73. The molecule has 0 bridgehead atoms. The van der Waals surface area contributed by atoms with Crippen LogP contribution in [0.25, 0.3) is 0 Å². The van der Waals surface area contributed by atoms with Crippen molar-refractivity contribution in [3.63, 3.8) is 0 Å². The van der Waals surface area contributed by atoms with Gasteiger partial charge in [-0.3, -0.25) is 14.5 Å². The fourth-order valence-electron chi connectivity index (χ4n) is 2.88. The van der Waals surface area contributed by atoms with Crippen LogP contribution in [-0.4, -0.2) is 25.6 Å². The van der Waals surface area contributed by atoms with Crippen LogP contribution in [-0.2, 0) is 19.6 Å². The van der Waals surface area contributed by atoms with E-state index >= 15 is 0 Å². The van der Waals surface area contributed by atoms with E-state index in [2.05, 4.69) is 21.2 Å². The van der Waals surface area contributed by atoms with Gasteiger partial charge in [0.15, 0.2) is 0 Å². The van der Waals surface area contributed by atoms with Crippen LogP contribution < -0.4 is 15.4 Å². The Morgan fingerprint density at radius 2 is 1.88 bits per heavy atom. The van der Waals surface area contributed by atoms with Crippen molar-refractivity contribution in [3.05, 3.63) is 54.1 Å². The number of anilines is 2. The zero-order valence-corrected chi connectivity index (χ0v) is 16.0. The molecule has 1 heterocycles. The second-order valence-corrected chi connectivity index (χ2v) is 8.08. The molecule has 0 aliphatic carbocycles. The first-order chi connectivity index (χ1) is 12.3. The Balaban J connectivity index is 2.16. The van der Waals surface area contributed by atoms with Crippen molar-refractivity contribution in [3.8, 4) is 0 Å². The molecule has 7 nitrogen and oxygen atoms in total. The first-order valence-corrected chi connectivity index (χ1v) is 10.4. The summed E-state index contributed by atoms with van der Waals surface area (Å²) < 4.78 is 23.2. The van der Waals surface area contributed by atoms with Gasteiger partial charge in [-0.2, -0.15) is 0 Å². The van der Waals surface area contributed by atoms with E-state index in [1.165, 1.54) is 23.1 Å². The number of nitrogens with zero attached hydrogens (tertiary/aromatic N) is 1. The van der Waals surface area contributed by atoms with Gasteiger partial charge < -0.3 is 5.32 Å². The lowest BCUT2D eigenvalue weighted by Crippen LogP contribution is -2.45. The van der Waals surface area contributed by atoms with Gasteiger partial charge in [-0.05, 0) is 23.8 Å². The summed E-state index contributed by atoms with van der Waals surface area (Å²) in [4.78, 5) is 26.7. The summed E-state index contributed by atoms with van der Waals surface area (Å²) in [6, 6.07) is 12.2. The molecule has 0 fully saturated rings. The highest BCUT2D eigenvalue weighted by Crippen LogP contribution is 2.39. The maximum absolute atomic E-state index is 12.7. The van der Waals surface area contributed by atoms with Gasteiger partial charge in [-0.25, -0.2) is 13.6 Å². The molecule has 9 heteroatoms. The molecular formula is C17H16BrN3O4S. The van der Waals surface area contributed by atoms with E-state index in [-0.39, 0.29) is 22.9 Å². The number of alkyl halides is 1. The van der Waals surface area contributed by atoms with Gasteiger partial charge in [0.1, 0.15) is 6.04 Å². The molecule has 0 radical (unpaired) electrons. The normalized spacial score (nSPS) is 16.8. The van der Waals surface area contributed by atoms with Crippen LogP contribution >= 0.6 is 15.9 Å². The number of rotatable bonds is 4. The van der Waals surface area contributed by atoms with Crippen LogP contribution in [0.1, 0.15) is 18.0 Å². The molecule has 0 spiro atoms. The molecule has 2 aromatic carbocycles. The molecule has 26 heavy (non-hydrogen) atoms. The maximum atomic E-state index is 12.7. The molecule has 1 unspecified atom stereocenters. The highest BCUT2D eigenvalue weighted by Gasteiger charge is 2.38. The van der Waals surface area contributed by atoms with Crippen molar-refractivity contribution in [2.24, 2.45) is 5.14 Å². The number of carbonyl (C=O) groups excluding carboxylic acids is 2. The highest BCUT2D eigenvalue weighted by atomic mass is 79.9. The molecule has 1 aliphatic heterocycles. The molecular weight excluding hydrogens is 422 g/mol. The van der Waals surface area contributed by atoms with E-state index in [0.29, 0.717) is 16.6 Å². The number of halogens is 1. The number of amides is 2. The van der Waals surface area contributed by atoms with Crippen molar-refractivity contribution in [2.45, 2.75) is 17.4 Å². The lowest BCUT2D eigenvalue weighted by Gasteiger charge is -2.36. The van der Waals surface area contributed by atoms with E-state index < -0.39 is 22.0 Å². The minimum Gasteiger partial charge on any atom is -0.322 e. The smallest absolute Gasteiger partial charge is 0.252 e. The molecule has 2 amide bonds. The number of nitrogens with one attached hydrogen (secondary N) is 1. The Hall–Kier alpha value is -2.23. The summed E-state index contributed by atoms with van der Waals surface area (Å²) in [5, 5.41) is 8.28. The third-order valence-electron chi connectivity index (χ3n) is 4.01. The molecule has 2 aromatic rings. The minimum absolute atomic E-state index is 0.136. The predicted octanol–water partition coefficient (Wildman–Crippen LogP) is 2.15. The average molecular weight is 438 g/mol. The maximum Gasteiger partial charge on any atom is 0.252 e. The molecule has 136 valence electrons. The zero-order chi connectivity index (χ0) is 18.9. The fourth-order valence-corrected chi connectivity index (χ4v) is 3.75. The Kier molecular flexibility index (Phi) is 5.12. The van der Waals surface area contributed by atoms with E-state index in [1.54, 1.807) is 24.3 Å². The Morgan fingerprint density at radius 1 is 1.19 bits per heavy atom. The number of hydrogen-bond acceptors (Lipinski definition) is 4. The van der Waals surface area contributed by atoms with Gasteiger partial charge in [0.25, 0.3) is 5.91 Å². The molecule has 0 aromatic heterocycles. The third kappa shape index (κ3) is 3.50. The van der Waals surface area contributed by atoms with Crippen molar-refractivity contribution >= 4 is 49.1 Å².